The highest BCUT2D eigenvalue weighted by Gasteiger charge is 2.17. The summed E-state index contributed by atoms with van der Waals surface area (Å²) >= 11 is 11.5. The predicted octanol–water partition coefficient (Wildman–Crippen LogP) is 3.64. The van der Waals surface area contributed by atoms with Crippen LogP contribution < -0.4 is 0 Å². The highest BCUT2D eigenvalue weighted by atomic mass is 35.5. The van der Waals surface area contributed by atoms with Crippen molar-refractivity contribution in [2.24, 2.45) is 0 Å². The molecule has 0 radical (unpaired) electrons. The molecular formula is C13H8Cl2O3. The smallest absolute Gasteiger partial charge is 0.196 e. The third-order valence-electron chi connectivity index (χ3n) is 2.41. The first-order valence-electron chi connectivity index (χ1n) is 5.01. The first-order valence-corrected chi connectivity index (χ1v) is 5.76. The average molecular weight is 283 g/mol. The number of hydrogen-bond acceptors (Lipinski definition) is 3. The summed E-state index contributed by atoms with van der Waals surface area (Å²) in [6.45, 7) is 0. The first-order chi connectivity index (χ1) is 8.49. The number of carbonyl (C=O) groups is 1. The van der Waals surface area contributed by atoms with Crippen molar-refractivity contribution < 1.29 is 15.0 Å². The Morgan fingerprint density at radius 3 is 2.17 bits per heavy atom. The number of ketones is 1. The van der Waals surface area contributed by atoms with Crippen LogP contribution in [0.25, 0.3) is 0 Å². The van der Waals surface area contributed by atoms with E-state index in [1.165, 1.54) is 18.2 Å². The van der Waals surface area contributed by atoms with E-state index >= 15 is 0 Å². The highest BCUT2D eigenvalue weighted by Crippen LogP contribution is 2.33. The summed E-state index contributed by atoms with van der Waals surface area (Å²) in [6.07, 6.45) is 0. The lowest BCUT2D eigenvalue weighted by Gasteiger charge is -2.06. The van der Waals surface area contributed by atoms with Crippen molar-refractivity contribution in [1.29, 1.82) is 0 Å². The summed E-state index contributed by atoms with van der Waals surface area (Å²) in [4.78, 5) is 12.1. The third-order valence-corrected chi connectivity index (χ3v) is 2.88. The van der Waals surface area contributed by atoms with Gasteiger partial charge in [-0.05, 0) is 30.3 Å². The van der Waals surface area contributed by atoms with Gasteiger partial charge in [-0.2, -0.15) is 0 Å². The molecule has 0 heterocycles. The van der Waals surface area contributed by atoms with E-state index in [-0.39, 0.29) is 10.6 Å². The Bertz CT molecular complexity index is 606. The predicted molar refractivity (Wildman–Crippen MR) is 69.7 cm³/mol. The molecule has 0 saturated carbocycles. The molecule has 0 bridgehead atoms. The Hall–Kier alpha value is -1.71. The van der Waals surface area contributed by atoms with E-state index in [0.29, 0.717) is 10.6 Å². The second kappa shape index (κ2) is 4.88. The Kier molecular flexibility index (Phi) is 3.45. The first kappa shape index (κ1) is 12.7. The van der Waals surface area contributed by atoms with Crippen LogP contribution in [0, 0.1) is 0 Å². The zero-order chi connectivity index (χ0) is 13.3. The van der Waals surface area contributed by atoms with Crippen LogP contribution in [0.4, 0.5) is 0 Å². The fraction of sp³-hybridized carbons (Fsp3) is 0. The Balaban J connectivity index is 2.49. The lowest BCUT2D eigenvalue weighted by molar-refractivity contribution is 0.103. The number of phenolic OH excluding ortho intramolecular Hbond substituents is 2. The van der Waals surface area contributed by atoms with Crippen molar-refractivity contribution in [3.63, 3.8) is 0 Å². The largest absolute Gasteiger partial charge is 0.504 e. The van der Waals surface area contributed by atoms with Gasteiger partial charge in [0, 0.05) is 21.7 Å². The number of rotatable bonds is 2. The molecule has 3 nitrogen and oxygen atoms in total. The lowest BCUT2D eigenvalue weighted by Crippen LogP contribution is -2.01. The molecule has 0 atom stereocenters. The number of hydrogen-bond donors (Lipinski definition) is 2. The molecule has 5 heteroatoms. The van der Waals surface area contributed by atoms with E-state index in [1.807, 2.05) is 0 Å². The number of benzene rings is 2. The van der Waals surface area contributed by atoms with Crippen LogP contribution in [0.2, 0.25) is 10.0 Å². The Labute approximate surface area is 113 Å². The molecule has 18 heavy (non-hydrogen) atoms. The van der Waals surface area contributed by atoms with Gasteiger partial charge >= 0.3 is 0 Å². The van der Waals surface area contributed by atoms with E-state index in [9.17, 15) is 15.0 Å². The van der Waals surface area contributed by atoms with Gasteiger partial charge in [0.05, 0.1) is 5.56 Å². The van der Waals surface area contributed by atoms with Gasteiger partial charge in [0.15, 0.2) is 17.3 Å². The average Bonchev–Trinajstić information content (AvgIpc) is 2.34. The van der Waals surface area contributed by atoms with Crippen molar-refractivity contribution >= 4 is 29.0 Å². The van der Waals surface area contributed by atoms with Crippen LogP contribution in [-0.2, 0) is 0 Å². The molecule has 0 aliphatic carbocycles. The monoisotopic (exact) mass is 282 g/mol. The summed E-state index contributed by atoms with van der Waals surface area (Å²) < 4.78 is 0. The molecule has 0 amide bonds. The molecule has 0 aromatic heterocycles. The molecule has 0 aliphatic heterocycles. The minimum Gasteiger partial charge on any atom is -0.504 e. The van der Waals surface area contributed by atoms with Crippen LogP contribution in [-0.4, -0.2) is 16.0 Å². The van der Waals surface area contributed by atoms with Gasteiger partial charge < -0.3 is 10.2 Å². The molecule has 0 spiro atoms. The van der Waals surface area contributed by atoms with Crippen LogP contribution >= 0.6 is 23.2 Å². The summed E-state index contributed by atoms with van der Waals surface area (Å²) in [5, 5.41) is 19.7. The van der Waals surface area contributed by atoms with Gasteiger partial charge in [-0.3, -0.25) is 4.79 Å². The fourth-order valence-electron chi connectivity index (χ4n) is 1.51. The summed E-state index contributed by atoms with van der Waals surface area (Å²) in [5.41, 5.74) is 0.290. The normalized spacial score (nSPS) is 10.3. The SMILES string of the molecule is O=C(c1ccc(Cl)cc1)c1cc(Cl)cc(O)c1O. The highest BCUT2D eigenvalue weighted by molar-refractivity contribution is 6.32. The van der Waals surface area contributed by atoms with E-state index < -0.39 is 17.3 Å². The summed E-state index contributed by atoms with van der Waals surface area (Å²) in [7, 11) is 0. The van der Waals surface area contributed by atoms with Crippen LogP contribution in [0.5, 0.6) is 11.5 Å². The standard InChI is InChI=1S/C13H8Cl2O3/c14-8-3-1-7(2-4-8)12(17)10-5-9(15)6-11(16)13(10)18/h1-6,16,18H. The van der Waals surface area contributed by atoms with Crippen molar-refractivity contribution in [2.45, 2.75) is 0 Å². The second-order valence-corrected chi connectivity index (χ2v) is 4.53. The second-order valence-electron chi connectivity index (χ2n) is 3.66. The number of carbonyl (C=O) groups excluding carboxylic acids is 1. The van der Waals surface area contributed by atoms with Gasteiger partial charge in [0.1, 0.15) is 0 Å². The van der Waals surface area contributed by atoms with Gasteiger partial charge in [-0.25, -0.2) is 0 Å². The zero-order valence-corrected chi connectivity index (χ0v) is 10.5. The molecule has 0 aliphatic rings. The number of aromatic hydroxyl groups is 2. The Morgan fingerprint density at radius 2 is 1.56 bits per heavy atom. The summed E-state index contributed by atoms with van der Waals surface area (Å²) in [6, 6.07) is 8.65. The molecular weight excluding hydrogens is 275 g/mol. The van der Waals surface area contributed by atoms with Crippen LogP contribution in [0.15, 0.2) is 36.4 Å². The molecule has 0 saturated heterocycles. The van der Waals surface area contributed by atoms with Gasteiger partial charge in [0.2, 0.25) is 0 Å². The van der Waals surface area contributed by atoms with Crippen molar-refractivity contribution in [1.82, 2.24) is 0 Å². The van der Waals surface area contributed by atoms with Crippen molar-refractivity contribution in [3.05, 3.63) is 57.6 Å². The third kappa shape index (κ3) is 2.42. The van der Waals surface area contributed by atoms with E-state index in [4.69, 9.17) is 23.2 Å². The molecule has 2 N–H and O–H groups in total. The van der Waals surface area contributed by atoms with Crippen molar-refractivity contribution in [2.75, 3.05) is 0 Å². The van der Waals surface area contributed by atoms with Crippen LogP contribution in [0.3, 0.4) is 0 Å². The minimum atomic E-state index is -0.487. The lowest BCUT2D eigenvalue weighted by atomic mass is 10.0. The van der Waals surface area contributed by atoms with Gasteiger partial charge in [-0.15, -0.1) is 0 Å². The minimum absolute atomic E-state index is 0.0534. The van der Waals surface area contributed by atoms with Crippen LogP contribution in [0.1, 0.15) is 15.9 Å². The molecule has 2 aromatic rings. The van der Waals surface area contributed by atoms with Crippen molar-refractivity contribution in [3.8, 4) is 11.5 Å². The number of halogens is 2. The zero-order valence-electron chi connectivity index (χ0n) is 9.02. The maximum Gasteiger partial charge on any atom is 0.196 e. The van der Waals surface area contributed by atoms with Gasteiger partial charge in [-0.1, -0.05) is 23.2 Å². The Morgan fingerprint density at radius 1 is 0.944 bits per heavy atom. The molecule has 0 fully saturated rings. The molecule has 92 valence electrons. The van der Waals surface area contributed by atoms with Gasteiger partial charge in [0.25, 0.3) is 0 Å². The maximum absolute atomic E-state index is 12.1. The fourth-order valence-corrected chi connectivity index (χ4v) is 1.85. The van der Waals surface area contributed by atoms with E-state index in [2.05, 4.69) is 0 Å². The maximum atomic E-state index is 12.1. The van der Waals surface area contributed by atoms with E-state index in [1.54, 1.807) is 12.1 Å². The molecule has 0 unspecified atom stereocenters. The summed E-state index contributed by atoms with van der Waals surface area (Å²) in [5.74, 6) is -1.36. The molecule has 2 aromatic carbocycles. The topological polar surface area (TPSA) is 57.5 Å². The number of phenols is 2. The van der Waals surface area contributed by atoms with E-state index in [0.717, 1.165) is 6.07 Å². The quantitative estimate of drug-likeness (QED) is 0.653. The molecule has 2 rings (SSSR count).